The highest BCUT2D eigenvalue weighted by Crippen LogP contribution is 2.36. The van der Waals surface area contributed by atoms with Crippen LogP contribution in [0.15, 0.2) is 0 Å². The van der Waals surface area contributed by atoms with E-state index in [1.54, 1.807) is 0 Å². The van der Waals surface area contributed by atoms with Crippen LogP contribution in [-0.2, 0) is 18.7 Å². The van der Waals surface area contributed by atoms with Crippen molar-refractivity contribution in [3.05, 3.63) is 0 Å². The van der Waals surface area contributed by atoms with Gasteiger partial charge in [-0.25, -0.2) is 0 Å². The predicted octanol–water partition coefficient (Wildman–Crippen LogP) is 2.73. The Labute approximate surface area is 111 Å². The summed E-state index contributed by atoms with van der Waals surface area (Å²) in [5, 5.41) is 0.111. The van der Waals surface area contributed by atoms with Crippen LogP contribution >= 0.6 is 0 Å². The predicted molar refractivity (Wildman–Crippen MR) is 73.1 cm³/mol. The molecule has 18 heavy (non-hydrogen) atoms. The summed E-state index contributed by atoms with van der Waals surface area (Å²) in [4.78, 5) is 12.0. The van der Waals surface area contributed by atoms with Crippen LogP contribution in [0.5, 0.6) is 0 Å². The second-order valence-corrected chi connectivity index (χ2v) is 11.6. The van der Waals surface area contributed by atoms with Gasteiger partial charge in [0.1, 0.15) is 6.10 Å². The summed E-state index contributed by atoms with van der Waals surface area (Å²) in [7, 11) is -1.87. The van der Waals surface area contributed by atoms with Crippen molar-refractivity contribution in [1.82, 2.24) is 0 Å². The van der Waals surface area contributed by atoms with Gasteiger partial charge in [-0.15, -0.1) is 0 Å². The summed E-state index contributed by atoms with van der Waals surface area (Å²) in [6, 6.07) is 0. The van der Waals surface area contributed by atoms with E-state index >= 15 is 0 Å². The quantitative estimate of drug-likeness (QED) is 0.739. The van der Waals surface area contributed by atoms with E-state index in [9.17, 15) is 4.79 Å². The van der Waals surface area contributed by atoms with Gasteiger partial charge in [-0.05, 0) is 32.0 Å². The Bertz CT molecular complexity index is 317. The third kappa shape index (κ3) is 3.88. The van der Waals surface area contributed by atoms with E-state index < -0.39 is 20.2 Å². The number of carbonyl (C=O) groups excluding carboxylic acids is 1. The van der Waals surface area contributed by atoms with E-state index in [-0.39, 0.29) is 17.4 Å². The first-order valence-corrected chi connectivity index (χ1v) is 9.34. The molecular formula is C13H26O4Si. The third-order valence-corrected chi connectivity index (χ3v) is 8.23. The number of Topliss-reactive ketones (excluding diaryl/α,β-unsaturated/α-hetero) is 1. The van der Waals surface area contributed by atoms with E-state index in [4.69, 9.17) is 13.9 Å². The van der Waals surface area contributed by atoms with Crippen LogP contribution in [0, 0.1) is 0 Å². The fourth-order valence-electron chi connectivity index (χ4n) is 1.41. The molecule has 0 aliphatic carbocycles. The van der Waals surface area contributed by atoms with Crippen molar-refractivity contribution < 1.29 is 18.7 Å². The Kier molecular flexibility index (Phi) is 4.43. The minimum Gasteiger partial charge on any atom is -0.409 e. The molecule has 0 spiro atoms. The molecule has 1 heterocycles. The maximum Gasteiger partial charge on any atom is 0.192 e. The van der Waals surface area contributed by atoms with Crippen molar-refractivity contribution in [2.75, 3.05) is 13.2 Å². The summed E-state index contributed by atoms with van der Waals surface area (Å²) in [5.74, 6) is -0.678. The highest BCUT2D eigenvalue weighted by Gasteiger charge is 2.40. The number of carbonyl (C=O) groups is 1. The molecule has 4 nitrogen and oxygen atoms in total. The minimum absolute atomic E-state index is 0.0228. The molecule has 0 amide bonds. The lowest BCUT2D eigenvalue weighted by atomic mass is 10.2. The molecule has 0 bridgehead atoms. The van der Waals surface area contributed by atoms with E-state index in [1.165, 1.54) is 0 Å². The molecule has 0 unspecified atom stereocenters. The summed E-state index contributed by atoms with van der Waals surface area (Å²) < 4.78 is 16.8. The van der Waals surface area contributed by atoms with E-state index in [2.05, 4.69) is 33.9 Å². The van der Waals surface area contributed by atoms with Crippen LogP contribution in [0.3, 0.4) is 0 Å². The van der Waals surface area contributed by atoms with Crippen molar-refractivity contribution in [3.8, 4) is 0 Å². The minimum atomic E-state index is -1.87. The number of rotatable bonds is 4. The van der Waals surface area contributed by atoms with Gasteiger partial charge in [-0.2, -0.15) is 0 Å². The third-order valence-electron chi connectivity index (χ3n) is 3.75. The summed E-state index contributed by atoms with van der Waals surface area (Å²) in [5.41, 5.74) is 0. The molecule has 5 heteroatoms. The van der Waals surface area contributed by atoms with Gasteiger partial charge in [0.2, 0.25) is 0 Å². The molecule has 0 radical (unpaired) electrons. The topological polar surface area (TPSA) is 44.8 Å². The van der Waals surface area contributed by atoms with Gasteiger partial charge in [0, 0.05) is 0 Å². The van der Waals surface area contributed by atoms with Crippen molar-refractivity contribution in [3.63, 3.8) is 0 Å². The van der Waals surface area contributed by atoms with Crippen LogP contribution in [0.25, 0.3) is 0 Å². The molecule has 106 valence electrons. The number of hydrogen-bond acceptors (Lipinski definition) is 4. The van der Waals surface area contributed by atoms with Crippen molar-refractivity contribution in [2.24, 2.45) is 0 Å². The van der Waals surface area contributed by atoms with E-state index in [0.29, 0.717) is 6.61 Å². The van der Waals surface area contributed by atoms with Gasteiger partial charge < -0.3 is 13.9 Å². The molecule has 1 fully saturated rings. The van der Waals surface area contributed by atoms with Crippen molar-refractivity contribution >= 4 is 14.1 Å². The summed E-state index contributed by atoms with van der Waals surface area (Å²) in [6.07, 6.45) is -0.482. The van der Waals surface area contributed by atoms with Crippen LogP contribution < -0.4 is 0 Å². The zero-order valence-electron chi connectivity index (χ0n) is 12.6. The Morgan fingerprint density at radius 3 is 2.33 bits per heavy atom. The largest absolute Gasteiger partial charge is 0.409 e. The molecule has 0 aromatic carbocycles. The lowest BCUT2D eigenvalue weighted by Gasteiger charge is -2.36. The summed E-state index contributed by atoms with van der Waals surface area (Å²) >= 11 is 0. The number of hydrogen-bond donors (Lipinski definition) is 0. The second kappa shape index (κ2) is 5.04. The van der Waals surface area contributed by atoms with Crippen LogP contribution in [0.2, 0.25) is 18.1 Å². The number of ether oxygens (including phenoxy) is 2. The maximum atomic E-state index is 12.0. The fraction of sp³-hybridized carbons (Fsp3) is 0.923. The average molecular weight is 274 g/mol. The van der Waals surface area contributed by atoms with Gasteiger partial charge in [-0.3, -0.25) is 4.79 Å². The molecular weight excluding hydrogens is 248 g/mol. The Hall–Kier alpha value is -0.233. The van der Waals surface area contributed by atoms with Crippen molar-refractivity contribution in [1.29, 1.82) is 0 Å². The highest BCUT2D eigenvalue weighted by atomic mass is 28.4. The van der Waals surface area contributed by atoms with Crippen molar-refractivity contribution in [2.45, 2.75) is 64.6 Å². The van der Waals surface area contributed by atoms with Gasteiger partial charge in [0.15, 0.2) is 19.9 Å². The van der Waals surface area contributed by atoms with E-state index in [1.807, 2.05) is 13.8 Å². The average Bonchev–Trinajstić information content (AvgIpc) is 2.53. The molecule has 1 aliphatic heterocycles. The Balaban J connectivity index is 2.48. The molecule has 0 aromatic rings. The first kappa shape index (κ1) is 15.8. The van der Waals surface area contributed by atoms with Gasteiger partial charge in [-0.1, -0.05) is 20.8 Å². The molecule has 0 saturated carbocycles. The molecule has 1 aliphatic rings. The number of ketones is 1. The molecule has 1 atom stereocenters. The monoisotopic (exact) mass is 274 g/mol. The van der Waals surface area contributed by atoms with Gasteiger partial charge in [0.25, 0.3) is 0 Å². The van der Waals surface area contributed by atoms with Crippen LogP contribution in [-0.4, -0.2) is 39.2 Å². The van der Waals surface area contributed by atoms with E-state index in [0.717, 1.165) is 0 Å². The fourth-order valence-corrected chi connectivity index (χ4v) is 2.34. The molecule has 1 saturated heterocycles. The molecule has 0 N–H and O–H groups in total. The molecule has 1 rings (SSSR count). The smallest absolute Gasteiger partial charge is 0.192 e. The Morgan fingerprint density at radius 2 is 1.94 bits per heavy atom. The lowest BCUT2D eigenvalue weighted by molar-refractivity contribution is -0.153. The Morgan fingerprint density at radius 1 is 1.39 bits per heavy atom. The molecule has 0 aromatic heterocycles. The highest BCUT2D eigenvalue weighted by molar-refractivity contribution is 6.74. The van der Waals surface area contributed by atoms with Crippen LogP contribution in [0.1, 0.15) is 34.6 Å². The lowest BCUT2D eigenvalue weighted by Crippen LogP contribution is -2.43. The standard InChI is InChI=1S/C13H26O4Si/c1-12(2,3)18(6,7)16-8-10(14)11-9-15-13(4,5)17-11/h11H,8-9H2,1-7H3/t11-/m0/s1. The summed E-state index contributed by atoms with van der Waals surface area (Å²) in [6.45, 7) is 14.8. The zero-order chi connectivity index (χ0) is 14.2. The first-order valence-electron chi connectivity index (χ1n) is 6.43. The SMILES string of the molecule is CC1(C)OC[C@@H](C(=O)CO[Si](C)(C)C(C)(C)C)O1. The van der Waals surface area contributed by atoms with Gasteiger partial charge in [0.05, 0.1) is 13.2 Å². The zero-order valence-corrected chi connectivity index (χ0v) is 13.6. The second-order valence-electron chi connectivity index (χ2n) is 6.83. The first-order chi connectivity index (χ1) is 7.95. The maximum absolute atomic E-state index is 12.0. The van der Waals surface area contributed by atoms with Gasteiger partial charge >= 0.3 is 0 Å². The van der Waals surface area contributed by atoms with Crippen LogP contribution in [0.4, 0.5) is 0 Å². The normalized spacial score (nSPS) is 24.3.